The normalized spacial score (nSPS) is 16.8. The van der Waals surface area contributed by atoms with E-state index in [1.807, 2.05) is 42.5 Å². The van der Waals surface area contributed by atoms with Crippen molar-refractivity contribution in [3.8, 4) is 11.1 Å². The largest absolute Gasteiger partial charge is 0.481 e. The molecule has 2 aromatic carbocycles. The lowest BCUT2D eigenvalue weighted by Gasteiger charge is -2.27. The number of benzene rings is 2. The Bertz CT molecular complexity index is 1120. The smallest absolute Gasteiger partial charge is 0.316 e. The molecule has 3 rings (SSSR count). The molecule has 0 aliphatic carbocycles. The first-order valence-corrected chi connectivity index (χ1v) is 10.7. The van der Waals surface area contributed by atoms with Crippen molar-refractivity contribution in [2.24, 2.45) is 0 Å². The topological polar surface area (TPSA) is 116 Å². The minimum Gasteiger partial charge on any atom is -0.481 e. The van der Waals surface area contributed by atoms with E-state index in [1.165, 1.54) is 18.1 Å². The number of aryl methyl sites for hydroxylation is 1. The van der Waals surface area contributed by atoms with Crippen molar-refractivity contribution >= 4 is 23.7 Å². The van der Waals surface area contributed by atoms with Crippen LogP contribution in [0.5, 0.6) is 0 Å². The van der Waals surface area contributed by atoms with Crippen LogP contribution in [0.15, 0.2) is 60.3 Å². The van der Waals surface area contributed by atoms with Gasteiger partial charge < -0.3 is 20.6 Å². The predicted octanol–water partition coefficient (Wildman–Crippen LogP) is 3.04. The van der Waals surface area contributed by atoms with Crippen LogP contribution in [0.4, 0.5) is 4.79 Å². The third kappa shape index (κ3) is 5.46. The lowest BCUT2D eigenvalue weighted by molar-refractivity contribution is -0.138. The Morgan fingerprint density at radius 3 is 2.55 bits per heavy atom. The van der Waals surface area contributed by atoms with Gasteiger partial charge in [-0.15, -0.1) is 0 Å². The van der Waals surface area contributed by atoms with E-state index in [4.69, 9.17) is 0 Å². The summed E-state index contributed by atoms with van der Waals surface area (Å²) >= 11 is 0. The number of rotatable bonds is 7. The molecule has 0 fully saturated rings. The second-order valence-corrected chi connectivity index (χ2v) is 7.96. The molecule has 3 N–H and O–H groups in total. The zero-order chi connectivity index (χ0) is 24.1. The number of hydrogen-bond acceptors (Lipinski definition) is 4. The summed E-state index contributed by atoms with van der Waals surface area (Å²) in [5.41, 5.74) is 4.03. The number of amides is 3. The Hall–Kier alpha value is -3.94. The quantitative estimate of drug-likeness (QED) is 0.562. The number of nitrogens with one attached hydrogen (secondary N) is 2. The molecule has 172 valence electrons. The van der Waals surface area contributed by atoms with Crippen molar-refractivity contribution in [3.05, 3.63) is 71.4 Å². The van der Waals surface area contributed by atoms with Gasteiger partial charge in [0.15, 0.2) is 11.8 Å². The molecule has 0 bridgehead atoms. The first kappa shape index (κ1) is 23.7. The van der Waals surface area contributed by atoms with Crippen LogP contribution in [-0.2, 0) is 20.8 Å². The van der Waals surface area contributed by atoms with Gasteiger partial charge in [0.1, 0.15) is 0 Å². The van der Waals surface area contributed by atoms with Crippen LogP contribution in [-0.4, -0.2) is 46.8 Å². The van der Waals surface area contributed by atoms with Gasteiger partial charge >= 0.3 is 12.0 Å². The van der Waals surface area contributed by atoms with Crippen molar-refractivity contribution in [2.75, 3.05) is 7.05 Å². The molecular weight excluding hydrogens is 422 g/mol. The highest BCUT2D eigenvalue weighted by molar-refractivity contribution is 6.16. The summed E-state index contributed by atoms with van der Waals surface area (Å²) in [5, 5.41) is 14.4. The summed E-state index contributed by atoms with van der Waals surface area (Å²) in [5.74, 6) is -2.15. The van der Waals surface area contributed by atoms with Crippen LogP contribution in [0.25, 0.3) is 11.1 Å². The maximum atomic E-state index is 12.7. The molecular formula is C25H27N3O5. The lowest BCUT2D eigenvalue weighted by Crippen LogP contribution is -2.56. The Kier molecular flexibility index (Phi) is 7.27. The predicted molar refractivity (Wildman–Crippen MR) is 123 cm³/mol. The molecule has 0 spiro atoms. The van der Waals surface area contributed by atoms with E-state index in [-0.39, 0.29) is 6.42 Å². The van der Waals surface area contributed by atoms with E-state index in [0.29, 0.717) is 11.1 Å². The summed E-state index contributed by atoms with van der Waals surface area (Å²) in [6.45, 7) is 3.62. The van der Waals surface area contributed by atoms with E-state index < -0.39 is 35.8 Å². The summed E-state index contributed by atoms with van der Waals surface area (Å²) in [6, 6.07) is 12.3. The molecule has 1 heterocycles. The molecule has 0 aromatic heterocycles. The third-order valence-electron chi connectivity index (χ3n) is 5.59. The van der Waals surface area contributed by atoms with Gasteiger partial charge in [0.2, 0.25) is 0 Å². The molecule has 8 nitrogen and oxygen atoms in total. The molecule has 1 aliphatic rings. The maximum absolute atomic E-state index is 12.7. The van der Waals surface area contributed by atoms with Crippen LogP contribution in [0.2, 0.25) is 0 Å². The molecule has 8 heteroatoms. The number of carbonyl (C=O) groups is 4. The first-order valence-electron chi connectivity index (χ1n) is 10.7. The van der Waals surface area contributed by atoms with Crippen molar-refractivity contribution in [1.29, 1.82) is 0 Å². The number of Topliss-reactive ketones (excluding diaryl/α,β-unsaturated/α-hetero) is 1. The minimum atomic E-state index is -1.35. The summed E-state index contributed by atoms with van der Waals surface area (Å²) in [7, 11) is 1.50. The van der Waals surface area contributed by atoms with E-state index in [2.05, 4.69) is 17.6 Å². The van der Waals surface area contributed by atoms with Crippen LogP contribution in [0.3, 0.4) is 0 Å². The van der Waals surface area contributed by atoms with Gasteiger partial charge in [-0.1, -0.05) is 49.4 Å². The summed E-state index contributed by atoms with van der Waals surface area (Å²) in [4.78, 5) is 50.1. The second-order valence-electron chi connectivity index (χ2n) is 7.96. The van der Waals surface area contributed by atoms with E-state index in [0.717, 1.165) is 23.1 Å². The number of urea groups is 1. The monoisotopic (exact) mass is 449 g/mol. The van der Waals surface area contributed by atoms with Crippen molar-refractivity contribution in [1.82, 2.24) is 15.5 Å². The SMILES string of the molecule is CCc1ccccc1-c1cccc(C(CC(=O)O)NC(=O)NC2C(=O)C(C)=CN(C)C2=O)c1. The van der Waals surface area contributed by atoms with Gasteiger partial charge in [0.05, 0.1) is 12.5 Å². The van der Waals surface area contributed by atoms with Crippen molar-refractivity contribution < 1.29 is 24.3 Å². The lowest BCUT2D eigenvalue weighted by atomic mass is 9.94. The number of ketones is 1. The Morgan fingerprint density at radius 2 is 1.85 bits per heavy atom. The summed E-state index contributed by atoms with van der Waals surface area (Å²) in [6.07, 6.45) is 1.89. The number of likely N-dealkylation sites (N-methyl/N-ethyl adjacent to an activating group) is 1. The number of carbonyl (C=O) groups excluding carboxylic acids is 3. The van der Waals surface area contributed by atoms with Crippen molar-refractivity contribution in [3.63, 3.8) is 0 Å². The van der Waals surface area contributed by atoms with Gasteiger partial charge in [0, 0.05) is 18.8 Å². The van der Waals surface area contributed by atoms with Crippen LogP contribution in [0.1, 0.15) is 37.4 Å². The molecule has 0 saturated heterocycles. The molecule has 1 aliphatic heterocycles. The van der Waals surface area contributed by atoms with E-state index >= 15 is 0 Å². The fourth-order valence-electron chi connectivity index (χ4n) is 3.88. The third-order valence-corrected chi connectivity index (χ3v) is 5.59. The maximum Gasteiger partial charge on any atom is 0.316 e. The van der Waals surface area contributed by atoms with Crippen LogP contribution in [0, 0.1) is 0 Å². The van der Waals surface area contributed by atoms with Crippen molar-refractivity contribution in [2.45, 2.75) is 38.8 Å². The number of nitrogens with zero attached hydrogens (tertiary/aromatic N) is 1. The number of carboxylic acids is 1. The van der Waals surface area contributed by atoms with Crippen LogP contribution >= 0.6 is 0 Å². The second kappa shape index (κ2) is 10.1. The zero-order valence-electron chi connectivity index (χ0n) is 18.8. The Balaban J connectivity index is 1.84. The summed E-state index contributed by atoms with van der Waals surface area (Å²) < 4.78 is 0. The highest BCUT2D eigenvalue weighted by Gasteiger charge is 2.35. The van der Waals surface area contributed by atoms with Crippen LogP contribution < -0.4 is 10.6 Å². The molecule has 0 radical (unpaired) electrons. The van der Waals surface area contributed by atoms with Gasteiger partial charge in [0.25, 0.3) is 5.91 Å². The van der Waals surface area contributed by atoms with Gasteiger partial charge in [-0.25, -0.2) is 4.79 Å². The van der Waals surface area contributed by atoms with E-state index in [1.54, 1.807) is 13.0 Å². The highest BCUT2D eigenvalue weighted by Crippen LogP contribution is 2.28. The average molecular weight is 450 g/mol. The highest BCUT2D eigenvalue weighted by atomic mass is 16.4. The molecule has 33 heavy (non-hydrogen) atoms. The van der Waals surface area contributed by atoms with Gasteiger partial charge in [-0.05, 0) is 41.7 Å². The van der Waals surface area contributed by atoms with E-state index in [9.17, 15) is 24.3 Å². The fraction of sp³-hybridized carbons (Fsp3) is 0.280. The zero-order valence-corrected chi connectivity index (χ0v) is 18.8. The molecule has 3 amide bonds. The molecule has 0 saturated carbocycles. The van der Waals surface area contributed by atoms with Gasteiger partial charge in [-0.2, -0.15) is 0 Å². The molecule has 2 atom stereocenters. The standard InChI is InChI=1S/C25H27N3O5/c1-4-16-8-5-6-11-19(16)17-9-7-10-18(12-17)20(13-21(29)30)26-25(33)27-22-23(31)15(2)14-28(3)24(22)32/h5-12,14,20,22H,4,13H2,1-3H3,(H,29,30)(H2,26,27,33). The van der Waals surface area contributed by atoms with Gasteiger partial charge in [-0.3, -0.25) is 14.4 Å². The minimum absolute atomic E-state index is 0.340. The number of carboxylic acid groups (broad SMARTS) is 1. The fourth-order valence-corrected chi connectivity index (χ4v) is 3.88. The Labute approximate surface area is 192 Å². The molecule has 2 unspecified atom stereocenters. The first-order chi connectivity index (χ1) is 15.7. The Morgan fingerprint density at radius 1 is 1.12 bits per heavy atom. The number of hydrogen-bond donors (Lipinski definition) is 3. The molecule has 2 aromatic rings. The number of aliphatic carboxylic acids is 1. The average Bonchev–Trinajstić information content (AvgIpc) is 2.80.